The molecule has 19 heavy (non-hydrogen) atoms. The molecule has 0 N–H and O–H groups in total. The summed E-state index contributed by atoms with van der Waals surface area (Å²) in [4.78, 5) is 4.35. The normalized spacial score (nSPS) is 11.9. The van der Waals surface area contributed by atoms with Crippen molar-refractivity contribution in [1.82, 2.24) is 4.98 Å². The Bertz CT molecular complexity index is 545. The third kappa shape index (κ3) is 3.23. The third-order valence-electron chi connectivity index (χ3n) is 3.51. The highest BCUT2D eigenvalue weighted by atomic mass is 14.6. The lowest BCUT2D eigenvalue weighted by atomic mass is 9.86. The zero-order valence-electron chi connectivity index (χ0n) is 12.6. The molecule has 0 bridgehead atoms. The second-order valence-electron chi connectivity index (χ2n) is 6.49. The number of nitrogens with zero attached hydrogens (tertiary/aromatic N) is 1. The molecule has 0 saturated carbocycles. The van der Waals surface area contributed by atoms with Gasteiger partial charge in [-0.2, -0.15) is 0 Å². The van der Waals surface area contributed by atoms with Crippen LogP contribution in [0.1, 0.15) is 51.7 Å². The van der Waals surface area contributed by atoms with Crippen LogP contribution in [0.3, 0.4) is 0 Å². The van der Waals surface area contributed by atoms with Crippen LogP contribution in [-0.4, -0.2) is 4.98 Å². The quantitative estimate of drug-likeness (QED) is 0.719. The lowest BCUT2D eigenvalue weighted by Crippen LogP contribution is -2.10. The summed E-state index contributed by atoms with van der Waals surface area (Å²) in [5.41, 5.74) is 5.30. The lowest BCUT2D eigenvalue weighted by molar-refractivity contribution is 0.590. The topological polar surface area (TPSA) is 12.9 Å². The molecule has 0 fully saturated rings. The van der Waals surface area contributed by atoms with Crippen LogP contribution in [0.5, 0.6) is 0 Å². The molecule has 0 amide bonds. The van der Waals surface area contributed by atoms with Crippen LogP contribution in [0, 0.1) is 0 Å². The SMILES string of the molecule is CC(C)c1cncc(-c2ccc(C(C)(C)C)cc2)c1. The molecule has 0 aliphatic heterocycles. The van der Waals surface area contributed by atoms with Crippen molar-refractivity contribution in [1.29, 1.82) is 0 Å². The van der Waals surface area contributed by atoms with Crippen molar-refractivity contribution in [2.75, 3.05) is 0 Å². The summed E-state index contributed by atoms with van der Waals surface area (Å²) in [6, 6.07) is 11.1. The predicted molar refractivity (Wildman–Crippen MR) is 82.5 cm³/mol. The molecule has 0 aliphatic carbocycles. The lowest BCUT2D eigenvalue weighted by Gasteiger charge is -2.19. The van der Waals surface area contributed by atoms with E-state index in [4.69, 9.17) is 0 Å². The van der Waals surface area contributed by atoms with Gasteiger partial charge in [0.2, 0.25) is 0 Å². The van der Waals surface area contributed by atoms with Crippen LogP contribution in [0.4, 0.5) is 0 Å². The highest BCUT2D eigenvalue weighted by Gasteiger charge is 2.13. The summed E-state index contributed by atoms with van der Waals surface area (Å²) < 4.78 is 0. The van der Waals surface area contributed by atoms with Gasteiger partial charge in [-0.25, -0.2) is 0 Å². The maximum absolute atomic E-state index is 4.35. The Balaban J connectivity index is 2.35. The molecule has 1 aromatic carbocycles. The minimum Gasteiger partial charge on any atom is -0.264 e. The Morgan fingerprint density at radius 1 is 0.895 bits per heavy atom. The van der Waals surface area contributed by atoms with E-state index in [2.05, 4.69) is 69.9 Å². The average molecular weight is 253 g/mol. The van der Waals surface area contributed by atoms with Crippen molar-refractivity contribution in [3.8, 4) is 11.1 Å². The van der Waals surface area contributed by atoms with Crippen LogP contribution < -0.4 is 0 Å². The number of hydrogen-bond donors (Lipinski definition) is 0. The summed E-state index contributed by atoms with van der Waals surface area (Å²) >= 11 is 0. The average Bonchev–Trinajstić information content (AvgIpc) is 2.38. The molecule has 0 spiro atoms. The first kappa shape index (κ1) is 13.8. The second kappa shape index (κ2) is 5.16. The van der Waals surface area contributed by atoms with Crippen LogP contribution in [0.15, 0.2) is 42.7 Å². The van der Waals surface area contributed by atoms with E-state index in [-0.39, 0.29) is 5.41 Å². The van der Waals surface area contributed by atoms with Gasteiger partial charge in [0.1, 0.15) is 0 Å². The Hall–Kier alpha value is -1.63. The second-order valence-corrected chi connectivity index (χ2v) is 6.49. The monoisotopic (exact) mass is 253 g/mol. The van der Waals surface area contributed by atoms with E-state index in [1.807, 2.05) is 12.4 Å². The summed E-state index contributed by atoms with van der Waals surface area (Å²) in [5, 5.41) is 0. The summed E-state index contributed by atoms with van der Waals surface area (Å²) in [6.45, 7) is 11.1. The zero-order valence-corrected chi connectivity index (χ0v) is 12.6. The smallest absolute Gasteiger partial charge is 0.0346 e. The predicted octanol–water partition coefficient (Wildman–Crippen LogP) is 5.17. The molecule has 1 aromatic heterocycles. The van der Waals surface area contributed by atoms with E-state index in [0.29, 0.717) is 5.92 Å². The van der Waals surface area contributed by atoms with Crippen molar-refractivity contribution >= 4 is 0 Å². The van der Waals surface area contributed by atoms with Gasteiger partial charge in [-0.3, -0.25) is 4.98 Å². The molecule has 2 rings (SSSR count). The molecule has 2 aromatic rings. The maximum atomic E-state index is 4.35. The fraction of sp³-hybridized carbons (Fsp3) is 0.389. The summed E-state index contributed by atoms with van der Waals surface area (Å²) in [6.07, 6.45) is 3.90. The molecule has 0 atom stereocenters. The molecule has 0 saturated heterocycles. The highest BCUT2D eigenvalue weighted by molar-refractivity contribution is 5.63. The summed E-state index contributed by atoms with van der Waals surface area (Å²) in [7, 11) is 0. The summed E-state index contributed by atoms with van der Waals surface area (Å²) in [5.74, 6) is 0.515. The van der Waals surface area contributed by atoms with E-state index in [1.54, 1.807) is 0 Å². The van der Waals surface area contributed by atoms with Crippen LogP contribution in [0.2, 0.25) is 0 Å². The fourth-order valence-corrected chi connectivity index (χ4v) is 2.09. The number of hydrogen-bond acceptors (Lipinski definition) is 1. The van der Waals surface area contributed by atoms with Crippen molar-refractivity contribution in [3.05, 3.63) is 53.9 Å². The van der Waals surface area contributed by atoms with Gasteiger partial charge in [-0.05, 0) is 34.1 Å². The van der Waals surface area contributed by atoms with Crippen LogP contribution in [-0.2, 0) is 5.41 Å². The number of aromatic nitrogens is 1. The molecule has 1 heteroatoms. The fourth-order valence-electron chi connectivity index (χ4n) is 2.09. The van der Waals surface area contributed by atoms with Gasteiger partial charge in [0.25, 0.3) is 0 Å². The van der Waals surface area contributed by atoms with Crippen molar-refractivity contribution in [3.63, 3.8) is 0 Å². The van der Waals surface area contributed by atoms with Gasteiger partial charge in [-0.1, -0.05) is 58.9 Å². The molecule has 0 unspecified atom stereocenters. The Kier molecular flexibility index (Phi) is 3.75. The number of pyridine rings is 1. The third-order valence-corrected chi connectivity index (χ3v) is 3.51. The first-order chi connectivity index (χ1) is 8.88. The van der Waals surface area contributed by atoms with Gasteiger partial charge < -0.3 is 0 Å². The molecular formula is C18H23N. The Labute approximate surface area is 116 Å². The van der Waals surface area contributed by atoms with E-state index < -0.39 is 0 Å². The highest BCUT2D eigenvalue weighted by Crippen LogP contribution is 2.27. The van der Waals surface area contributed by atoms with E-state index in [0.717, 1.165) is 0 Å². The minimum atomic E-state index is 0.205. The number of benzene rings is 1. The molecule has 0 aliphatic rings. The Morgan fingerprint density at radius 3 is 2.05 bits per heavy atom. The van der Waals surface area contributed by atoms with Crippen molar-refractivity contribution < 1.29 is 0 Å². The van der Waals surface area contributed by atoms with E-state index in [9.17, 15) is 0 Å². The maximum Gasteiger partial charge on any atom is 0.0346 e. The first-order valence-electron chi connectivity index (χ1n) is 6.94. The van der Waals surface area contributed by atoms with E-state index >= 15 is 0 Å². The van der Waals surface area contributed by atoms with Gasteiger partial charge in [0.05, 0.1) is 0 Å². The number of rotatable bonds is 2. The molecule has 1 heterocycles. The van der Waals surface area contributed by atoms with E-state index in [1.165, 1.54) is 22.3 Å². The minimum absolute atomic E-state index is 0.205. The molecule has 1 nitrogen and oxygen atoms in total. The zero-order chi connectivity index (χ0) is 14.0. The van der Waals surface area contributed by atoms with Gasteiger partial charge in [-0.15, -0.1) is 0 Å². The first-order valence-corrected chi connectivity index (χ1v) is 6.94. The van der Waals surface area contributed by atoms with Gasteiger partial charge >= 0.3 is 0 Å². The largest absolute Gasteiger partial charge is 0.264 e. The standard InChI is InChI=1S/C18H23N/c1-13(2)15-10-16(12-19-11-15)14-6-8-17(9-7-14)18(3,4)5/h6-13H,1-5H3. The van der Waals surface area contributed by atoms with Gasteiger partial charge in [0, 0.05) is 18.0 Å². The van der Waals surface area contributed by atoms with Crippen LogP contribution in [0.25, 0.3) is 11.1 Å². The molecule has 100 valence electrons. The van der Waals surface area contributed by atoms with Crippen LogP contribution >= 0.6 is 0 Å². The van der Waals surface area contributed by atoms with Crippen molar-refractivity contribution in [2.45, 2.75) is 46.0 Å². The van der Waals surface area contributed by atoms with Gasteiger partial charge in [0.15, 0.2) is 0 Å². The Morgan fingerprint density at radius 2 is 1.53 bits per heavy atom. The molecule has 0 radical (unpaired) electrons. The van der Waals surface area contributed by atoms with Crippen molar-refractivity contribution in [2.24, 2.45) is 0 Å². The molecular weight excluding hydrogens is 230 g/mol.